The van der Waals surface area contributed by atoms with Crippen molar-refractivity contribution in [1.82, 2.24) is 0 Å². The summed E-state index contributed by atoms with van der Waals surface area (Å²) in [6.07, 6.45) is 3.53. The van der Waals surface area contributed by atoms with Gasteiger partial charge in [0.1, 0.15) is 5.75 Å². The number of hydrogen-bond acceptors (Lipinski definition) is 5. The maximum absolute atomic E-state index is 13.3. The van der Waals surface area contributed by atoms with Gasteiger partial charge in [-0.05, 0) is 42.9 Å². The van der Waals surface area contributed by atoms with Crippen molar-refractivity contribution in [2.75, 3.05) is 32.3 Å². The first-order chi connectivity index (χ1) is 12.1. The summed E-state index contributed by atoms with van der Waals surface area (Å²) in [4.78, 5) is 27.1. The van der Waals surface area contributed by atoms with Crippen LogP contribution in [-0.2, 0) is 30.9 Å². The highest BCUT2D eigenvalue weighted by Crippen LogP contribution is 2.60. The van der Waals surface area contributed by atoms with Gasteiger partial charge < -0.3 is 19.1 Å². The molecule has 1 saturated heterocycles. The van der Waals surface area contributed by atoms with Crippen molar-refractivity contribution < 1.29 is 23.8 Å². The van der Waals surface area contributed by atoms with Gasteiger partial charge in [-0.3, -0.25) is 9.59 Å². The largest absolute Gasteiger partial charge is 0.497 e. The first-order valence-electron chi connectivity index (χ1n) is 8.80. The fraction of sp³-hybridized carbons (Fsp3) is 0.579. The van der Waals surface area contributed by atoms with Gasteiger partial charge in [-0.2, -0.15) is 0 Å². The minimum atomic E-state index is -0.441. The summed E-state index contributed by atoms with van der Waals surface area (Å²) in [5.41, 5.74) is 2.33. The van der Waals surface area contributed by atoms with Crippen molar-refractivity contribution in [3.8, 4) is 5.75 Å². The van der Waals surface area contributed by atoms with Crippen molar-refractivity contribution in [1.29, 1.82) is 0 Å². The lowest BCUT2D eigenvalue weighted by molar-refractivity contribution is -0.139. The van der Waals surface area contributed by atoms with Crippen LogP contribution in [0, 0.1) is 0 Å². The van der Waals surface area contributed by atoms with Gasteiger partial charge in [0, 0.05) is 25.3 Å². The average Bonchev–Trinajstić information content (AvgIpc) is 3.39. The van der Waals surface area contributed by atoms with Gasteiger partial charge in [-0.25, -0.2) is 0 Å². The Bertz CT molecular complexity index is 719. The molecule has 1 aromatic rings. The summed E-state index contributed by atoms with van der Waals surface area (Å²) in [6.45, 7) is 1.35. The molecule has 0 radical (unpaired) electrons. The number of nitrogens with zero attached hydrogens (tertiary/aromatic N) is 1. The van der Waals surface area contributed by atoms with Crippen LogP contribution in [0.5, 0.6) is 5.75 Å². The molecule has 134 valence electrons. The molecule has 6 heteroatoms. The molecule has 6 nitrogen and oxygen atoms in total. The quantitative estimate of drug-likeness (QED) is 0.781. The summed E-state index contributed by atoms with van der Waals surface area (Å²) < 4.78 is 15.8. The van der Waals surface area contributed by atoms with Crippen molar-refractivity contribution in [3.05, 3.63) is 23.3 Å². The number of benzene rings is 1. The molecule has 1 aliphatic carbocycles. The fourth-order valence-corrected chi connectivity index (χ4v) is 4.23. The number of carbonyl (C=O) groups is 2. The minimum absolute atomic E-state index is 0.151. The Labute approximate surface area is 147 Å². The molecule has 25 heavy (non-hydrogen) atoms. The number of fused-ring (bicyclic) bond motifs is 2. The molecular formula is C19H23NO5. The molecule has 0 bridgehead atoms. The highest BCUT2D eigenvalue weighted by Gasteiger charge is 2.61. The van der Waals surface area contributed by atoms with Gasteiger partial charge in [0.25, 0.3) is 0 Å². The van der Waals surface area contributed by atoms with E-state index in [4.69, 9.17) is 14.2 Å². The number of esters is 1. The van der Waals surface area contributed by atoms with E-state index in [0.717, 1.165) is 42.5 Å². The molecule has 4 rings (SSSR count). The van der Waals surface area contributed by atoms with Gasteiger partial charge in [0.05, 0.1) is 31.7 Å². The average molecular weight is 345 g/mol. The smallest absolute Gasteiger partial charge is 0.309 e. The monoisotopic (exact) mass is 345 g/mol. The van der Waals surface area contributed by atoms with E-state index in [-0.39, 0.29) is 24.3 Å². The van der Waals surface area contributed by atoms with E-state index in [9.17, 15) is 9.59 Å². The summed E-state index contributed by atoms with van der Waals surface area (Å²) in [5, 5.41) is 0. The van der Waals surface area contributed by atoms with Crippen LogP contribution in [0.25, 0.3) is 0 Å². The predicted octanol–water partition coefficient (Wildman–Crippen LogP) is 1.97. The Kier molecular flexibility index (Phi) is 3.95. The van der Waals surface area contributed by atoms with Crippen LogP contribution >= 0.6 is 0 Å². The van der Waals surface area contributed by atoms with E-state index in [1.807, 2.05) is 17.0 Å². The van der Waals surface area contributed by atoms with E-state index in [1.54, 1.807) is 7.11 Å². The molecule has 1 aromatic carbocycles. The zero-order chi connectivity index (χ0) is 17.6. The summed E-state index contributed by atoms with van der Waals surface area (Å²) in [7, 11) is 2.99. The Hall–Kier alpha value is -2.08. The van der Waals surface area contributed by atoms with Crippen LogP contribution in [0.15, 0.2) is 12.1 Å². The first-order valence-corrected chi connectivity index (χ1v) is 8.80. The third-order valence-corrected chi connectivity index (χ3v) is 5.64. The van der Waals surface area contributed by atoms with Crippen LogP contribution in [-0.4, -0.2) is 45.4 Å². The molecule has 0 atom stereocenters. The lowest BCUT2D eigenvalue weighted by Gasteiger charge is -2.32. The van der Waals surface area contributed by atoms with Crippen LogP contribution in [0.2, 0.25) is 0 Å². The highest BCUT2D eigenvalue weighted by atomic mass is 16.5. The molecule has 0 N–H and O–H groups in total. The van der Waals surface area contributed by atoms with E-state index in [1.165, 1.54) is 7.11 Å². The molecule has 0 aromatic heterocycles. The lowest BCUT2D eigenvalue weighted by Crippen LogP contribution is -2.43. The molecule has 0 unspecified atom stereocenters. The highest BCUT2D eigenvalue weighted by molar-refractivity contribution is 6.11. The number of rotatable bonds is 4. The number of carbonyl (C=O) groups excluding carboxylic acids is 2. The van der Waals surface area contributed by atoms with Crippen LogP contribution in [0.3, 0.4) is 0 Å². The Balaban J connectivity index is 1.82. The first kappa shape index (κ1) is 16.4. The van der Waals surface area contributed by atoms with Gasteiger partial charge in [-0.15, -0.1) is 0 Å². The molecular weight excluding hydrogens is 322 g/mol. The molecule has 2 fully saturated rings. The van der Waals surface area contributed by atoms with Crippen molar-refractivity contribution in [3.63, 3.8) is 0 Å². The van der Waals surface area contributed by atoms with Crippen molar-refractivity contribution >= 4 is 17.6 Å². The van der Waals surface area contributed by atoms with E-state index < -0.39 is 5.41 Å². The van der Waals surface area contributed by atoms with Gasteiger partial charge in [-0.1, -0.05) is 0 Å². The summed E-state index contributed by atoms with van der Waals surface area (Å²) in [6, 6.07) is 3.96. The predicted molar refractivity (Wildman–Crippen MR) is 91.0 cm³/mol. The number of anilines is 1. The third kappa shape index (κ3) is 2.51. The number of methoxy groups -OCH3 is 2. The molecule has 1 spiro atoms. The van der Waals surface area contributed by atoms with Crippen molar-refractivity contribution in [2.24, 2.45) is 0 Å². The fourth-order valence-electron chi connectivity index (χ4n) is 4.23. The Morgan fingerprint density at radius 3 is 2.60 bits per heavy atom. The molecule has 3 aliphatic rings. The summed E-state index contributed by atoms with van der Waals surface area (Å²) in [5.74, 6) is 0.539. The van der Waals surface area contributed by atoms with Crippen LogP contribution in [0.4, 0.5) is 5.69 Å². The molecule has 1 saturated carbocycles. The number of ether oxygens (including phenoxy) is 3. The van der Waals surface area contributed by atoms with Gasteiger partial charge in [0.2, 0.25) is 5.91 Å². The van der Waals surface area contributed by atoms with E-state index in [0.29, 0.717) is 19.0 Å². The second-order valence-electron chi connectivity index (χ2n) is 7.03. The lowest BCUT2D eigenvalue weighted by atomic mass is 9.91. The van der Waals surface area contributed by atoms with E-state index in [2.05, 4.69) is 0 Å². The molecule has 2 heterocycles. The van der Waals surface area contributed by atoms with E-state index >= 15 is 0 Å². The second-order valence-corrected chi connectivity index (χ2v) is 7.03. The minimum Gasteiger partial charge on any atom is -0.497 e. The number of amides is 1. The van der Waals surface area contributed by atoms with Crippen LogP contribution in [0.1, 0.15) is 36.8 Å². The number of hydrogen-bond donors (Lipinski definition) is 0. The van der Waals surface area contributed by atoms with Gasteiger partial charge >= 0.3 is 5.97 Å². The third-order valence-electron chi connectivity index (χ3n) is 5.64. The maximum atomic E-state index is 13.3. The molecule has 2 aliphatic heterocycles. The van der Waals surface area contributed by atoms with Crippen molar-refractivity contribution in [2.45, 2.75) is 43.6 Å². The molecule has 1 amide bonds. The zero-order valence-electron chi connectivity index (χ0n) is 14.7. The van der Waals surface area contributed by atoms with Gasteiger partial charge in [0.15, 0.2) is 0 Å². The van der Waals surface area contributed by atoms with Crippen LogP contribution < -0.4 is 9.64 Å². The topological polar surface area (TPSA) is 65.1 Å². The Morgan fingerprint density at radius 2 is 2.00 bits per heavy atom. The SMILES string of the molecule is COC(=O)Cc1cc(OC)cc2c1C1(CC1)C(=O)N2C1CCOCC1. The maximum Gasteiger partial charge on any atom is 0.309 e. The Morgan fingerprint density at radius 1 is 1.28 bits per heavy atom. The standard InChI is InChI=1S/C19H23NO5/c1-23-14-9-12(10-16(21)24-2)17-15(11-14)20(13-3-7-25-8-4-13)18(22)19(17)5-6-19/h9,11,13H,3-8,10H2,1-2H3. The normalized spacial score (nSPS) is 21.4. The zero-order valence-corrected chi connectivity index (χ0v) is 14.7. The second kappa shape index (κ2) is 6.02. The summed E-state index contributed by atoms with van der Waals surface area (Å²) >= 11 is 0.